The number of nitrogens with zero attached hydrogens (tertiary/aromatic N) is 2. The van der Waals surface area contributed by atoms with Crippen LogP contribution in [0.2, 0.25) is 0 Å². The number of hydrogen-bond acceptors (Lipinski definition) is 7. The first-order valence-electron chi connectivity index (χ1n) is 11.4. The second-order valence-electron chi connectivity index (χ2n) is 8.63. The number of ether oxygens (including phenoxy) is 1. The molecule has 182 valence electrons. The highest BCUT2D eigenvalue weighted by Crippen LogP contribution is 2.36. The fourth-order valence-corrected chi connectivity index (χ4v) is 6.55. The number of anilines is 2. The van der Waals surface area contributed by atoms with Crippen molar-refractivity contribution in [3.8, 4) is 5.75 Å². The Morgan fingerprint density at radius 2 is 1.97 bits per heavy atom. The summed E-state index contributed by atoms with van der Waals surface area (Å²) in [5.74, 6) is 0.719. The van der Waals surface area contributed by atoms with E-state index in [0.29, 0.717) is 17.4 Å². The third kappa shape index (κ3) is 5.43. The average Bonchev–Trinajstić information content (AvgIpc) is 3.15. The van der Waals surface area contributed by atoms with Crippen molar-refractivity contribution < 1.29 is 13.2 Å². The smallest absolute Gasteiger partial charge is 0.238 e. The van der Waals surface area contributed by atoms with E-state index in [0.717, 1.165) is 41.3 Å². The topological polar surface area (TPSA) is 83.6 Å². The molecule has 1 aliphatic rings. The van der Waals surface area contributed by atoms with Gasteiger partial charge in [-0.3, -0.25) is 0 Å². The lowest BCUT2D eigenvalue weighted by molar-refractivity contribution is 0.303. The Morgan fingerprint density at radius 3 is 2.62 bits per heavy atom. The molecule has 7 nitrogen and oxygen atoms in total. The molecule has 1 aliphatic heterocycles. The van der Waals surface area contributed by atoms with E-state index >= 15 is 0 Å². The van der Waals surface area contributed by atoms with Crippen LogP contribution in [0.3, 0.4) is 0 Å². The van der Waals surface area contributed by atoms with Gasteiger partial charge in [-0.05, 0) is 57.0 Å². The molecule has 34 heavy (non-hydrogen) atoms. The van der Waals surface area contributed by atoms with Crippen LogP contribution in [0.1, 0.15) is 40.6 Å². The number of nitrogens with one attached hydrogen (secondary N) is 2. The molecular formula is C25H32N4O3S2. The lowest BCUT2D eigenvalue weighted by Crippen LogP contribution is -2.45. The van der Waals surface area contributed by atoms with Gasteiger partial charge in [-0.25, -0.2) is 17.7 Å². The van der Waals surface area contributed by atoms with Crippen molar-refractivity contribution in [3.63, 3.8) is 0 Å². The minimum Gasteiger partial charge on any atom is -0.496 e. The third-order valence-corrected chi connectivity index (χ3v) is 8.41. The van der Waals surface area contributed by atoms with E-state index in [1.54, 1.807) is 13.2 Å². The number of thiazole rings is 1. The first-order valence-corrected chi connectivity index (χ1v) is 14.1. The summed E-state index contributed by atoms with van der Waals surface area (Å²) in [6, 6.07) is 16.4. The third-order valence-electron chi connectivity index (χ3n) is 6.19. The minimum absolute atomic E-state index is 0.220. The van der Waals surface area contributed by atoms with Crippen molar-refractivity contribution in [1.29, 1.82) is 0 Å². The van der Waals surface area contributed by atoms with Crippen LogP contribution in [0.5, 0.6) is 5.75 Å². The number of aromatic nitrogens is 1. The second kappa shape index (κ2) is 10.4. The van der Waals surface area contributed by atoms with Crippen molar-refractivity contribution in [1.82, 2.24) is 15.6 Å². The Hall–Kier alpha value is -2.46. The number of sulfonamides is 1. The molecular weight excluding hydrogens is 468 g/mol. The molecule has 0 radical (unpaired) electrons. The highest BCUT2D eigenvalue weighted by atomic mass is 32.2. The van der Waals surface area contributed by atoms with Crippen LogP contribution in [0.15, 0.2) is 48.5 Å². The normalized spacial score (nSPS) is 18.6. The van der Waals surface area contributed by atoms with E-state index in [9.17, 15) is 8.42 Å². The van der Waals surface area contributed by atoms with E-state index in [2.05, 4.69) is 39.9 Å². The summed E-state index contributed by atoms with van der Waals surface area (Å²) in [7, 11) is -1.95. The van der Waals surface area contributed by atoms with Crippen LogP contribution in [-0.2, 0) is 16.6 Å². The predicted octanol–water partition coefficient (Wildman–Crippen LogP) is 4.45. The zero-order chi connectivity index (χ0) is 24.3. The Labute approximate surface area is 206 Å². The Morgan fingerprint density at radius 1 is 1.21 bits per heavy atom. The van der Waals surface area contributed by atoms with Crippen molar-refractivity contribution in [2.75, 3.05) is 24.2 Å². The number of benzene rings is 2. The van der Waals surface area contributed by atoms with E-state index in [1.807, 2.05) is 32.0 Å². The van der Waals surface area contributed by atoms with Crippen molar-refractivity contribution >= 4 is 32.2 Å². The van der Waals surface area contributed by atoms with Gasteiger partial charge >= 0.3 is 0 Å². The molecule has 2 heterocycles. The molecule has 0 spiro atoms. The molecule has 1 fully saturated rings. The van der Waals surface area contributed by atoms with Gasteiger partial charge in [0.2, 0.25) is 15.2 Å². The lowest BCUT2D eigenvalue weighted by atomic mass is 9.92. The van der Waals surface area contributed by atoms with Gasteiger partial charge in [-0.15, -0.1) is 11.3 Å². The van der Waals surface area contributed by atoms with Crippen LogP contribution in [0, 0.1) is 13.8 Å². The number of piperidine rings is 1. The summed E-state index contributed by atoms with van der Waals surface area (Å²) >= 11 is 1.37. The van der Waals surface area contributed by atoms with Gasteiger partial charge in [0, 0.05) is 29.1 Å². The molecule has 0 saturated carbocycles. The van der Waals surface area contributed by atoms with E-state index < -0.39 is 10.0 Å². The largest absolute Gasteiger partial charge is 0.496 e. The second-order valence-corrected chi connectivity index (χ2v) is 11.6. The monoisotopic (exact) mass is 500 g/mol. The Bertz CT molecular complexity index is 1210. The summed E-state index contributed by atoms with van der Waals surface area (Å²) in [5, 5.41) is 7.78. The summed E-state index contributed by atoms with van der Waals surface area (Å²) in [5.41, 5.74) is 3.55. The Balaban J connectivity index is 1.62. The number of rotatable bonds is 8. The van der Waals surface area contributed by atoms with E-state index in [1.165, 1.54) is 27.5 Å². The van der Waals surface area contributed by atoms with Crippen molar-refractivity contribution in [3.05, 3.63) is 70.2 Å². The first-order chi connectivity index (χ1) is 16.3. The maximum atomic E-state index is 12.8. The molecule has 0 aliphatic carbocycles. The molecule has 0 unspecified atom stereocenters. The molecule has 9 heteroatoms. The zero-order valence-electron chi connectivity index (χ0n) is 20.0. The van der Waals surface area contributed by atoms with Gasteiger partial charge in [0.05, 0.1) is 24.7 Å². The lowest BCUT2D eigenvalue weighted by Gasteiger charge is -2.34. The fourth-order valence-electron chi connectivity index (χ4n) is 4.38. The van der Waals surface area contributed by atoms with Gasteiger partial charge in [0.15, 0.2) is 0 Å². The van der Waals surface area contributed by atoms with Crippen molar-refractivity contribution in [2.24, 2.45) is 0 Å². The average molecular weight is 501 g/mol. The van der Waals surface area contributed by atoms with Crippen LogP contribution >= 0.6 is 11.3 Å². The predicted molar refractivity (Wildman–Crippen MR) is 139 cm³/mol. The standard InChI is InChI=1S/C25H32N4O3S2/c1-17-18(2)33-25(28-17)29(34(4,30)31)21-12-13-23(32-3)20(15-21)16-27-22-11-8-14-26-24(22)19-9-6-5-7-10-19/h5-7,9-10,12-13,15,22,24,26-27H,8,11,14,16H2,1-4H3/t22-,24-/m0/s1. The number of aryl methyl sites for hydroxylation is 2. The van der Waals surface area contributed by atoms with Crippen LogP contribution in [0.4, 0.5) is 10.8 Å². The highest BCUT2D eigenvalue weighted by Gasteiger charge is 2.27. The SMILES string of the molecule is COc1ccc(N(c2nc(C)c(C)s2)S(C)(=O)=O)cc1CN[C@H]1CCCN[C@H]1c1ccccc1. The summed E-state index contributed by atoms with van der Waals surface area (Å²) < 4.78 is 32.4. The molecule has 3 aromatic rings. The molecule has 2 aromatic carbocycles. The maximum absolute atomic E-state index is 12.8. The quantitative estimate of drug-likeness (QED) is 0.476. The van der Waals surface area contributed by atoms with E-state index in [-0.39, 0.29) is 12.1 Å². The summed E-state index contributed by atoms with van der Waals surface area (Å²) in [6.45, 7) is 5.38. The highest BCUT2D eigenvalue weighted by molar-refractivity contribution is 7.92. The number of methoxy groups -OCH3 is 1. The van der Waals surface area contributed by atoms with Crippen LogP contribution in [-0.4, -0.2) is 39.4 Å². The van der Waals surface area contributed by atoms with Gasteiger partial charge in [-0.2, -0.15) is 0 Å². The van der Waals surface area contributed by atoms with Gasteiger partial charge in [-0.1, -0.05) is 30.3 Å². The molecule has 1 saturated heterocycles. The maximum Gasteiger partial charge on any atom is 0.238 e. The summed E-state index contributed by atoms with van der Waals surface area (Å²) in [4.78, 5) is 5.49. The van der Waals surface area contributed by atoms with Crippen LogP contribution in [0.25, 0.3) is 0 Å². The zero-order valence-corrected chi connectivity index (χ0v) is 21.7. The molecule has 0 amide bonds. The minimum atomic E-state index is -3.58. The molecule has 2 N–H and O–H groups in total. The van der Waals surface area contributed by atoms with Gasteiger partial charge < -0.3 is 15.4 Å². The molecule has 4 rings (SSSR count). The Kier molecular flexibility index (Phi) is 7.57. The number of hydrogen-bond donors (Lipinski definition) is 2. The van der Waals surface area contributed by atoms with Gasteiger partial charge in [0.1, 0.15) is 5.75 Å². The summed E-state index contributed by atoms with van der Waals surface area (Å²) in [6.07, 6.45) is 3.36. The molecule has 2 atom stereocenters. The van der Waals surface area contributed by atoms with Gasteiger partial charge in [0.25, 0.3) is 0 Å². The van der Waals surface area contributed by atoms with E-state index in [4.69, 9.17) is 4.74 Å². The van der Waals surface area contributed by atoms with Crippen molar-refractivity contribution in [2.45, 2.75) is 45.3 Å². The molecule has 0 bridgehead atoms. The van der Waals surface area contributed by atoms with Crippen LogP contribution < -0.4 is 19.7 Å². The molecule has 1 aromatic heterocycles. The first kappa shape index (κ1) is 24.7. The fraction of sp³-hybridized carbons (Fsp3) is 0.400.